The second-order valence-corrected chi connectivity index (χ2v) is 6.34. The van der Waals surface area contributed by atoms with Crippen molar-refractivity contribution in [3.63, 3.8) is 0 Å². The van der Waals surface area contributed by atoms with Crippen molar-refractivity contribution >= 4 is 0 Å². The molecule has 3 heteroatoms. The zero-order chi connectivity index (χ0) is 13.9. The van der Waals surface area contributed by atoms with E-state index in [1.54, 1.807) is 12.1 Å². The van der Waals surface area contributed by atoms with Crippen LogP contribution in [0, 0.1) is 11.7 Å². The van der Waals surface area contributed by atoms with Crippen LogP contribution in [0.1, 0.15) is 44.2 Å². The summed E-state index contributed by atoms with van der Waals surface area (Å²) in [5, 5.41) is 3.49. The summed E-state index contributed by atoms with van der Waals surface area (Å²) in [5.74, 6) is 0.658. The fraction of sp³-hybridized carbons (Fsp3) is 0.647. The van der Waals surface area contributed by atoms with Crippen LogP contribution in [-0.2, 0) is 0 Å². The van der Waals surface area contributed by atoms with Crippen LogP contribution in [0.3, 0.4) is 0 Å². The number of nitrogens with one attached hydrogen (secondary N) is 1. The van der Waals surface area contributed by atoms with Gasteiger partial charge < -0.3 is 5.32 Å². The van der Waals surface area contributed by atoms with Crippen molar-refractivity contribution in [1.82, 2.24) is 10.2 Å². The number of halogens is 1. The number of rotatable bonds is 5. The van der Waals surface area contributed by atoms with Gasteiger partial charge in [-0.2, -0.15) is 0 Å². The molecule has 0 bridgehead atoms. The highest BCUT2D eigenvalue weighted by molar-refractivity contribution is 5.21. The number of hydrogen-bond acceptors (Lipinski definition) is 2. The van der Waals surface area contributed by atoms with E-state index in [0.717, 1.165) is 31.1 Å². The highest BCUT2D eigenvalue weighted by atomic mass is 19.1. The van der Waals surface area contributed by atoms with E-state index in [-0.39, 0.29) is 11.9 Å². The van der Waals surface area contributed by atoms with Crippen LogP contribution in [0.25, 0.3) is 0 Å². The van der Waals surface area contributed by atoms with Crippen molar-refractivity contribution in [2.75, 3.05) is 19.6 Å². The van der Waals surface area contributed by atoms with Gasteiger partial charge in [-0.05, 0) is 57.7 Å². The summed E-state index contributed by atoms with van der Waals surface area (Å²) in [4.78, 5) is 2.54. The van der Waals surface area contributed by atoms with Gasteiger partial charge >= 0.3 is 0 Å². The largest absolute Gasteiger partial charge is 0.316 e. The van der Waals surface area contributed by atoms with Gasteiger partial charge in [-0.1, -0.05) is 18.2 Å². The normalized spacial score (nSPS) is 24.9. The van der Waals surface area contributed by atoms with Gasteiger partial charge in [0.1, 0.15) is 5.82 Å². The molecular formula is C17H25FN2. The molecule has 1 heterocycles. The summed E-state index contributed by atoms with van der Waals surface area (Å²) in [5.41, 5.74) is 0.850. The zero-order valence-electron chi connectivity index (χ0n) is 12.3. The lowest BCUT2D eigenvalue weighted by molar-refractivity contribution is 0.151. The molecule has 0 radical (unpaired) electrons. The molecule has 0 aromatic heterocycles. The van der Waals surface area contributed by atoms with Gasteiger partial charge in [0.15, 0.2) is 0 Å². The van der Waals surface area contributed by atoms with E-state index in [1.165, 1.54) is 25.7 Å². The van der Waals surface area contributed by atoms with Crippen molar-refractivity contribution < 1.29 is 4.39 Å². The maximum absolute atomic E-state index is 14.0. The maximum atomic E-state index is 14.0. The molecule has 20 heavy (non-hydrogen) atoms. The first-order chi connectivity index (χ1) is 9.75. The van der Waals surface area contributed by atoms with E-state index < -0.39 is 0 Å². The molecular weight excluding hydrogens is 251 g/mol. The summed E-state index contributed by atoms with van der Waals surface area (Å²) in [6, 6.07) is 8.10. The van der Waals surface area contributed by atoms with E-state index in [2.05, 4.69) is 17.1 Å². The Hall–Kier alpha value is -0.930. The lowest BCUT2D eigenvalue weighted by Gasteiger charge is -2.34. The molecule has 1 saturated heterocycles. The second-order valence-electron chi connectivity index (χ2n) is 6.34. The molecule has 2 nitrogen and oxygen atoms in total. The van der Waals surface area contributed by atoms with Crippen LogP contribution in [0.2, 0.25) is 0 Å². The number of benzene rings is 1. The monoisotopic (exact) mass is 276 g/mol. The van der Waals surface area contributed by atoms with Crippen LogP contribution < -0.4 is 5.32 Å². The minimum absolute atomic E-state index is 0.0626. The van der Waals surface area contributed by atoms with Crippen LogP contribution in [0.4, 0.5) is 4.39 Å². The third-order valence-corrected chi connectivity index (χ3v) is 4.74. The topological polar surface area (TPSA) is 15.3 Å². The van der Waals surface area contributed by atoms with E-state index in [9.17, 15) is 4.39 Å². The van der Waals surface area contributed by atoms with Gasteiger partial charge in [0, 0.05) is 24.2 Å². The van der Waals surface area contributed by atoms with Crippen LogP contribution in [0.5, 0.6) is 0 Å². The first-order valence-electron chi connectivity index (χ1n) is 7.96. The van der Waals surface area contributed by atoms with E-state index in [1.807, 2.05) is 12.1 Å². The average Bonchev–Trinajstić information content (AvgIpc) is 3.30. The van der Waals surface area contributed by atoms with Crippen molar-refractivity contribution in [2.45, 2.75) is 44.7 Å². The molecule has 1 saturated carbocycles. The lowest BCUT2D eigenvalue weighted by Crippen LogP contribution is -2.40. The average molecular weight is 276 g/mol. The summed E-state index contributed by atoms with van der Waals surface area (Å²) in [7, 11) is 0. The molecule has 1 aromatic rings. The highest BCUT2D eigenvalue weighted by Gasteiger charge is 2.35. The maximum Gasteiger partial charge on any atom is 0.127 e. The van der Waals surface area contributed by atoms with E-state index >= 15 is 0 Å². The highest BCUT2D eigenvalue weighted by Crippen LogP contribution is 2.36. The quantitative estimate of drug-likeness (QED) is 0.887. The SMILES string of the molecule is CC(c1ccccc1F)N(CC1CCCNC1)C1CC1. The predicted octanol–water partition coefficient (Wildman–Crippen LogP) is 3.35. The van der Waals surface area contributed by atoms with Gasteiger partial charge in [-0.15, -0.1) is 0 Å². The van der Waals surface area contributed by atoms with Gasteiger partial charge in [-0.25, -0.2) is 4.39 Å². The molecule has 1 aliphatic heterocycles. The summed E-state index contributed by atoms with van der Waals surface area (Å²) in [6.45, 7) is 5.54. The Balaban J connectivity index is 1.71. The van der Waals surface area contributed by atoms with Gasteiger partial charge in [0.05, 0.1) is 0 Å². The van der Waals surface area contributed by atoms with Gasteiger partial charge in [0.2, 0.25) is 0 Å². The van der Waals surface area contributed by atoms with Crippen molar-refractivity contribution in [2.24, 2.45) is 5.92 Å². The molecule has 0 spiro atoms. The summed E-state index contributed by atoms with van der Waals surface area (Å²) in [6.07, 6.45) is 5.13. The van der Waals surface area contributed by atoms with Crippen molar-refractivity contribution in [3.05, 3.63) is 35.6 Å². The number of nitrogens with zero attached hydrogens (tertiary/aromatic N) is 1. The standard InChI is InChI=1S/C17H25FN2/c1-13(16-6-2-3-7-17(16)18)20(15-8-9-15)12-14-5-4-10-19-11-14/h2-3,6-7,13-15,19H,4-5,8-12H2,1H3. The number of hydrogen-bond donors (Lipinski definition) is 1. The Kier molecular flexibility index (Phi) is 4.37. The van der Waals surface area contributed by atoms with Crippen molar-refractivity contribution in [1.29, 1.82) is 0 Å². The Bertz CT molecular complexity index is 438. The fourth-order valence-electron chi connectivity index (χ4n) is 3.40. The van der Waals surface area contributed by atoms with Crippen LogP contribution >= 0.6 is 0 Å². The third-order valence-electron chi connectivity index (χ3n) is 4.74. The van der Waals surface area contributed by atoms with E-state index in [0.29, 0.717) is 6.04 Å². The predicted molar refractivity (Wildman–Crippen MR) is 80.1 cm³/mol. The minimum Gasteiger partial charge on any atom is -0.316 e. The van der Waals surface area contributed by atoms with Crippen LogP contribution in [0.15, 0.2) is 24.3 Å². The summed E-state index contributed by atoms with van der Waals surface area (Å²) >= 11 is 0. The summed E-state index contributed by atoms with van der Waals surface area (Å²) < 4.78 is 14.0. The first-order valence-corrected chi connectivity index (χ1v) is 7.96. The molecule has 3 rings (SSSR count). The Morgan fingerprint density at radius 2 is 2.10 bits per heavy atom. The molecule has 0 amide bonds. The molecule has 1 N–H and O–H groups in total. The molecule has 2 aliphatic rings. The van der Waals surface area contributed by atoms with E-state index in [4.69, 9.17) is 0 Å². The lowest BCUT2D eigenvalue weighted by atomic mass is 9.97. The minimum atomic E-state index is -0.0626. The molecule has 110 valence electrons. The molecule has 2 fully saturated rings. The Morgan fingerprint density at radius 1 is 1.30 bits per heavy atom. The first kappa shape index (κ1) is 14.0. The second kappa shape index (κ2) is 6.23. The van der Waals surface area contributed by atoms with Gasteiger partial charge in [-0.3, -0.25) is 4.90 Å². The molecule has 2 unspecified atom stereocenters. The molecule has 2 atom stereocenters. The Morgan fingerprint density at radius 3 is 2.75 bits per heavy atom. The van der Waals surface area contributed by atoms with Crippen LogP contribution in [-0.4, -0.2) is 30.6 Å². The molecule has 1 aliphatic carbocycles. The number of piperidine rings is 1. The molecule has 1 aromatic carbocycles. The zero-order valence-corrected chi connectivity index (χ0v) is 12.3. The third kappa shape index (κ3) is 3.21. The Labute approximate surface area is 121 Å². The van der Waals surface area contributed by atoms with Gasteiger partial charge in [0.25, 0.3) is 0 Å². The fourth-order valence-corrected chi connectivity index (χ4v) is 3.40. The smallest absolute Gasteiger partial charge is 0.127 e. The van der Waals surface area contributed by atoms with Crippen molar-refractivity contribution in [3.8, 4) is 0 Å².